The average Bonchev–Trinajstić information content (AvgIpc) is 2.77. The zero-order valence-corrected chi connectivity index (χ0v) is 18.2. The third-order valence-corrected chi connectivity index (χ3v) is 4.33. The minimum atomic E-state index is -0.666. The summed E-state index contributed by atoms with van der Waals surface area (Å²) in [6, 6.07) is 8.79. The summed E-state index contributed by atoms with van der Waals surface area (Å²) in [5, 5.41) is 20.9. The molecule has 0 spiro atoms. The predicted molar refractivity (Wildman–Crippen MR) is 120 cm³/mol. The largest absolute Gasteiger partial charge is 0.464 e. The predicted octanol–water partition coefficient (Wildman–Crippen LogP) is 3.61. The fraction of sp³-hybridized carbons (Fsp3) is 0.364. The molecule has 1 aromatic heterocycles. The Kier molecular flexibility index (Phi) is 9.10. The van der Waals surface area contributed by atoms with Crippen molar-refractivity contribution < 1.29 is 14.5 Å². The normalized spacial score (nSPS) is 10.7. The second kappa shape index (κ2) is 12.0. The van der Waals surface area contributed by atoms with Crippen LogP contribution in [0.5, 0.6) is 0 Å². The number of hydrogen-bond acceptors (Lipinski definition) is 9. The lowest BCUT2D eigenvalue weighted by Gasteiger charge is -2.23. The summed E-state index contributed by atoms with van der Waals surface area (Å²) in [6.07, 6.45) is 5.82. The molecule has 2 N–H and O–H groups in total. The van der Waals surface area contributed by atoms with E-state index in [1.54, 1.807) is 30.3 Å². The quantitative estimate of drug-likeness (QED) is 0.315. The second-order valence-electron chi connectivity index (χ2n) is 6.98. The van der Waals surface area contributed by atoms with Crippen LogP contribution in [0.15, 0.2) is 30.3 Å². The highest BCUT2D eigenvalue weighted by Gasteiger charge is 2.28. The Labute approximate surface area is 186 Å². The van der Waals surface area contributed by atoms with E-state index in [9.17, 15) is 20.2 Å². The SMILES string of the molecule is CCC/C=C/c1nc(N)c([N+](=O)[O-])c(N(CC(=O)OCCC)Cc2cccc(C#N)c2)n1. The molecule has 0 unspecified atom stereocenters. The van der Waals surface area contributed by atoms with E-state index in [1.807, 2.05) is 19.9 Å². The van der Waals surface area contributed by atoms with Crippen molar-refractivity contribution in [2.75, 3.05) is 23.8 Å². The van der Waals surface area contributed by atoms with Crippen LogP contribution in [0.25, 0.3) is 6.08 Å². The summed E-state index contributed by atoms with van der Waals surface area (Å²) in [5.41, 5.74) is 6.51. The summed E-state index contributed by atoms with van der Waals surface area (Å²) >= 11 is 0. The van der Waals surface area contributed by atoms with Gasteiger partial charge < -0.3 is 15.4 Å². The number of nitriles is 1. The third-order valence-electron chi connectivity index (χ3n) is 4.33. The third kappa shape index (κ3) is 6.77. The first-order valence-corrected chi connectivity index (χ1v) is 10.3. The van der Waals surface area contributed by atoms with E-state index in [-0.39, 0.29) is 37.2 Å². The number of unbranched alkanes of at least 4 members (excludes halogenated alkanes) is 1. The molecule has 0 fully saturated rings. The molecular weight excluding hydrogens is 412 g/mol. The molecule has 0 aliphatic heterocycles. The number of carbonyl (C=O) groups excluding carboxylic acids is 1. The Morgan fingerprint density at radius 1 is 1.34 bits per heavy atom. The number of benzene rings is 1. The molecule has 0 aliphatic rings. The first-order valence-electron chi connectivity index (χ1n) is 10.3. The second-order valence-corrected chi connectivity index (χ2v) is 6.98. The smallest absolute Gasteiger partial charge is 0.353 e. The van der Waals surface area contributed by atoms with Crippen molar-refractivity contribution in [1.29, 1.82) is 5.26 Å². The Bertz CT molecular complexity index is 1030. The standard InChI is InChI=1S/C22H26N6O4/c1-3-5-6-10-18-25-21(24)20(28(30)31)22(26-18)27(15-19(29)32-11-4-2)14-17-9-7-8-16(12-17)13-23/h6-10,12H,3-5,11,14-15H2,1-2H3,(H2,24,25,26)/b10-6+. The topological polar surface area (TPSA) is 148 Å². The number of rotatable bonds is 11. The number of esters is 1. The number of nitro groups is 1. The summed E-state index contributed by atoms with van der Waals surface area (Å²) in [5.74, 6) is -0.740. The molecule has 2 aromatic rings. The lowest BCUT2D eigenvalue weighted by Crippen LogP contribution is -2.32. The zero-order chi connectivity index (χ0) is 23.5. The number of nitrogen functional groups attached to an aromatic ring is 1. The van der Waals surface area contributed by atoms with Crippen molar-refractivity contribution in [2.45, 2.75) is 39.7 Å². The molecule has 168 valence electrons. The Hall–Kier alpha value is -4.00. The number of anilines is 2. The van der Waals surface area contributed by atoms with Gasteiger partial charge in [0.25, 0.3) is 0 Å². The van der Waals surface area contributed by atoms with Crippen molar-refractivity contribution in [3.8, 4) is 6.07 Å². The van der Waals surface area contributed by atoms with Crippen molar-refractivity contribution >= 4 is 29.4 Å². The highest BCUT2D eigenvalue weighted by atomic mass is 16.6. The summed E-state index contributed by atoms with van der Waals surface area (Å²) in [6.45, 7) is 3.90. The van der Waals surface area contributed by atoms with Crippen LogP contribution in [0.3, 0.4) is 0 Å². The van der Waals surface area contributed by atoms with Crippen LogP contribution in [-0.4, -0.2) is 34.0 Å². The Balaban J connectivity index is 2.54. The molecule has 32 heavy (non-hydrogen) atoms. The molecule has 1 aromatic carbocycles. The van der Waals surface area contributed by atoms with Gasteiger partial charge in [-0.05, 0) is 36.6 Å². The maximum absolute atomic E-state index is 12.4. The van der Waals surface area contributed by atoms with Crippen LogP contribution in [0, 0.1) is 21.4 Å². The monoisotopic (exact) mass is 438 g/mol. The van der Waals surface area contributed by atoms with E-state index >= 15 is 0 Å². The van der Waals surface area contributed by atoms with Gasteiger partial charge in [-0.25, -0.2) is 9.97 Å². The van der Waals surface area contributed by atoms with Crippen LogP contribution >= 0.6 is 0 Å². The fourth-order valence-corrected chi connectivity index (χ4v) is 2.89. The van der Waals surface area contributed by atoms with Crippen molar-refractivity contribution in [1.82, 2.24) is 9.97 Å². The van der Waals surface area contributed by atoms with E-state index in [4.69, 9.17) is 10.5 Å². The van der Waals surface area contributed by atoms with Gasteiger partial charge >= 0.3 is 11.7 Å². The van der Waals surface area contributed by atoms with E-state index < -0.39 is 16.6 Å². The van der Waals surface area contributed by atoms with Crippen molar-refractivity contribution in [2.24, 2.45) is 0 Å². The summed E-state index contributed by atoms with van der Waals surface area (Å²) in [7, 11) is 0. The van der Waals surface area contributed by atoms with E-state index in [0.29, 0.717) is 17.5 Å². The number of ether oxygens (including phenoxy) is 1. The molecule has 0 amide bonds. The molecule has 0 atom stereocenters. The Morgan fingerprint density at radius 2 is 2.12 bits per heavy atom. The fourth-order valence-electron chi connectivity index (χ4n) is 2.89. The number of aromatic nitrogens is 2. The molecule has 1 heterocycles. The van der Waals surface area contributed by atoms with E-state index in [0.717, 1.165) is 12.8 Å². The molecule has 0 saturated carbocycles. The van der Waals surface area contributed by atoms with Crippen molar-refractivity contribution in [3.05, 3.63) is 57.4 Å². The van der Waals surface area contributed by atoms with Gasteiger partial charge in [0.1, 0.15) is 6.54 Å². The van der Waals surface area contributed by atoms with E-state index in [1.165, 1.54) is 4.90 Å². The van der Waals surface area contributed by atoms with Crippen LogP contribution < -0.4 is 10.6 Å². The van der Waals surface area contributed by atoms with Crippen molar-refractivity contribution in [3.63, 3.8) is 0 Å². The Morgan fingerprint density at radius 3 is 2.78 bits per heavy atom. The minimum Gasteiger partial charge on any atom is -0.464 e. The molecule has 10 heteroatoms. The number of nitrogens with two attached hydrogens (primary N) is 1. The number of allylic oxidation sites excluding steroid dienone is 1. The summed E-state index contributed by atoms with van der Waals surface area (Å²) < 4.78 is 5.17. The molecule has 0 aliphatic carbocycles. The first kappa shape index (κ1) is 24.3. The highest BCUT2D eigenvalue weighted by molar-refractivity contribution is 5.79. The average molecular weight is 438 g/mol. The van der Waals surface area contributed by atoms with Gasteiger partial charge in [-0.1, -0.05) is 38.5 Å². The van der Waals surface area contributed by atoms with Gasteiger partial charge in [0.15, 0.2) is 5.82 Å². The molecule has 10 nitrogen and oxygen atoms in total. The van der Waals surface area contributed by atoms with Crippen LogP contribution in [0.2, 0.25) is 0 Å². The summed E-state index contributed by atoms with van der Waals surface area (Å²) in [4.78, 5) is 33.3. The molecule has 0 saturated heterocycles. The van der Waals surface area contributed by atoms with Crippen LogP contribution in [-0.2, 0) is 16.1 Å². The lowest BCUT2D eigenvalue weighted by molar-refractivity contribution is -0.383. The van der Waals surface area contributed by atoms with Gasteiger partial charge in [-0.2, -0.15) is 5.26 Å². The van der Waals surface area contributed by atoms with E-state index in [2.05, 4.69) is 16.0 Å². The van der Waals surface area contributed by atoms with Gasteiger partial charge in [-0.15, -0.1) is 0 Å². The molecular formula is C22H26N6O4. The van der Waals surface area contributed by atoms with Gasteiger partial charge in [-0.3, -0.25) is 14.9 Å². The lowest BCUT2D eigenvalue weighted by atomic mass is 10.1. The molecule has 0 bridgehead atoms. The number of nitrogens with zero attached hydrogens (tertiary/aromatic N) is 5. The van der Waals surface area contributed by atoms with Crippen LogP contribution in [0.4, 0.5) is 17.3 Å². The maximum Gasteiger partial charge on any atom is 0.353 e. The van der Waals surface area contributed by atoms with Gasteiger partial charge in [0.05, 0.1) is 23.2 Å². The minimum absolute atomic E-state index is 0.0755. The molecule has 2 rings (SSSR count). The first-order chi connectivity index (χ1) is 15.4. The van der Waals surface area contributed by atoms with Crippen LogP contribution in [0.1, 0.15) is 50.1 Å². The molecule has 0 radical (unpaired) electrons. The van der Waals surface area contributed by atoms with Gasteiger partial charge in [0, 0.05) is 6.54 Å². The van der Waals surface area contributed by atoms with Gasteiger partial charge in [0.2, 0.25) is 11.6 Å². The number of carbonyl (C=O) groups is 1. The number of hydrogen-bond donors (Lipinski definition) is 1. The zero-order valence-electron chi connectivity index (χ0n) is 18.2. The maximum atomic E-state index is 12.4. The highest BCUT2D eigenvalue weighted by Crippen LogP contribution is 2.32.